The molecule has 0 radical (unpaired) electrons. The summed E-state index contributed by atoms with van der Waals surface area (Å²) < 4.78 is 32.0. The minimum atomic E-state index is -3.43. The van der Waals surface area contributed by atoms with Gasteiger partial charge in [0.2, 0.25) is 0 Å². The second-order valence-corrected chi connectivity index (χ2v) is 9.25. The lowest BCUT2D eigenvalue weighted by atomic mass is 9.92. The lowest BCUT2D eigenvalue weighted by molar-refractivity contribution is -0.142. The minimum Gasteiger partial charge on any atom is -0.480 e. The number of pyridine rings is 1. The molecular weight excluding hydrogens is 358 g/mol. The predicted octanol–water partition coefficient (Wildman–Crippen LogP) is 1.81. The molecule has 1 aliphatic heterocycles. The second-order valence-electron chi connectivity index (χ2n) is 7.05. The number of hydrogen-bond donors (Lipinski definition) is 1. The van der Waals surface area contributed by atoms with Crippen molar-refractivity contribution in [2.24, 2.45) is 5.92 Å². The molecule has 2 aromatic heterocycles. The Kier molecular flexibility index (Phi) is 4.44. The summed E-state index contributed by atoms with van der Waals surface area (Å²) in [5.74, 6) is -0.729. The molecule has 8 nitrogen and oxygen atoms in total. The van der Waals surface area contributed by atoms with E-state index < -0.39 is 21.8 Å². The zero-order chi connectivity index (χ0) is 18.3. The maximum Gasteiger partial charge on any atom is 0.328 e. The van der Waals surface area contributed by atoms with Crippen molar-refractivity contribution in [1.82, 2.24) is 14.8 Å². The molecule has 4 rings (SSSR count). The SMILES string of the molecule is O=C(O)[C@H](CC1CCOCC1)n1ncc2c(S(=O)(=O)C3CC3)cncc21. The van der Waals surface area contributed by atoms with Gasteiger partial charge in [-0.15, -0.1) is 0 Å². The fraction of sp³-hybridized carbons (Fsp3) is 0.588. The fourth-order valence-electron chi connectivity index (χ4n) is 3.57. The van der Waals surface area contributed by atoms with E-state index in [-0.39, 0.29) is 16.1 Å². The highest BCUT2D eigenvalue weighted by Gasteiger charge is 2.38. The molecule has 3 heterocycles. The van der Waals surface area contributed by atoms with Crippen LogP contribution in [0.3, 0.4) is 0 Å². The second kappa shape index (κ2) is 6.62. The molecule has 2 aromatic rings. The number of hydrogen-bond acceptors (Lipinski definition) is 6. The molecule has 0 bridgehead atoms. The normalized spacial score (nSPS) is 20.3. The molecular formula is C17H21N3O5S. The molecule has 0 spiro atoms. The quantitative estimate of drug-likeness (QED) is 0.814. The third kappa shape index (κ3) is 3.09. The van der Waals surface area contributed by atoms with Crippen LogP contribution in [0.15, 0.2) is 23.5 Å². The van der Waals surface area contributed by atoms with Crippen molar-refractivity contribution in [3.05, 3.63) is 18.6 Å². The van der Waals surface area contributed by atoms with Gasteiger partial charge in [0.25, 0.3) is 0 Å². The Balaban J connectivity index is 1.72. The largest absolute Gasteiger partial charge is 0.480 e. The average Bonchev–Trinajstić information content (AvgIpc) is 3.41. The van der Waals surface area contributed by atoms with Crippen LogP contribution in [0.4, 0.5) is 0 Å². The number of nitrogens with zero attached hydrogens (tertiary/aromatic N) is 3. The molecule has 1 N–H and O–H groups in total. The minimum absolute atomic E-state index is 0.152. The molecule has 0 unspecified atom stereocenters. The number of aromatic nitrogens is 3. The van der Waals surface area contributed by atoms with Crippen LogP contribution in [0, 0.1) is 5.92 Å². The summed E-state index contributed by atoms with van der Waals surface area (Å²) in [4.78, 5) is 16.1. The van der Waals surface area contributed by atoms with Gasteiger partial charge in [0.1, 0.15) is 6.04 Å². The smallest absolute Gasteiger partial charge is 0.328 e. The number of aliphatic carboxylic acids is 1. The van der Waals surface area contributed by atoms with Gasteiger partial charge in [-0.2, -0.15) is 5.10 Å². The fourth-order valence-corrected chi connectivity index (χ4v) is 5.36. The topological polar surface area (TPSA) is 111 Å². The van der Waals surface area contributed by atoms with Crippen LogP contribution in [-0.2, 0) is 19.4 Å². The Morgan fingerprint density at radius 3 is 2.62 bits per heavy atom. The van der Waals surface area contributed by atoms with E-state index in [1.807, 2.05) is 0 Å². The van der Waals surface area contributed by atoms with Crippen LogP contribution in [-0.4, -0.2) is 52.7 Å². The van der Waals surface area contributed by atoms with Gasteiger partial charge in [0, 0.05) is 24.8 Å². The van der Waals surface area contributed by atoms with Crippen LogP contribution in [0.25, 0.3) is 10.9 Å². The summed E-state index contributed by atoms with van der Waals surface area (Å²) in [6.07, 6.45) is 7.69. The Morgan fingerprint density at radius 2 is 1.96 bits per heavy atom. The van der Waals surface area contributed by atoms with E-state index in [0.29, 0.717) is 43.4 Å². The number of carbonyl (C=O) groups is 1. The van der Waals surface area contributed by atoms with E-state index >= 15 is 0 Å². The number of carboxylic acids is 1. The van der Waals surface area contributed by atoms with Gasteiger partial charge in [0.15, 0.2) is 9.84 Å². The van der Waals surface area contributed by atoms with E-state index in [0.717, 1.165) is 12.8 Å². The average molecular weight is 379 g/mol. The Morgan fingerprint density at radius 1 is 1.23 bits per heavy atom. The van der Waals surface area contributed by atoms with Crippen LogP contribution in [0.5, 0.6) is 0 Å². The predicted molar refractivity (Wildman–Crippen MR) is 92.6 cm³/mol. The van der Waals surface area contributed by atoms with Gasteiger partial charge < -0.3 is 9.84 Å². The summed E-state index contributed by atoms with van der Waals surface area (Å²) >= 11 is 0. The van der Waals surface area contributed by atoms with E-state index in [2.05, 4.69) is 10.1 Å². The van der Waals surface area contributed by atoms with Crippen molar-refractivity contribution in [1.29, 1.82) is 0 Å². The van der Waals surface area contributed by atoms with E-state index in [1.54, 1.807) is 0 Å². The Labute approximate surface area is 151 Å². The molecule has 1 saturated carbocycles. The van der Waals surface area contributed by atoms with Crippen molar-refractivity contribution in [2.75, 3.05) is 13.2 Å². The van der Waals surface area contributed by atoms with Crippen LogP contribution >= 0.6 is 0 Å². The first-order valence-electron chi connectivity index (χ1n) is 8.84. The molecule has 1 saturated heterocycles. The summed E-state index contributed by atoms with van der Waals surface area (Å²) in [5, 5.41) is 14.1. The van der Waals surface area contributed by atoms with Gasteiger partial charge in [-0.05, 0) is 38.0 Å². The van der Waals surface area contributed by atoms with Crippen molar-refractivity contribution in [2.45, 2.75) is 48.3 Å². The number of carboxylic acid groups (broad SMARTS) is 1. The summed E-state index contributed by atoms with van der Waals surface area (Å²) in [7, 11) is -3.43. The summed E-state index contributed by atoms with van der Waals surface area (Å²) in [5.41, 5.74) is 0.450. The maximum absolute atomic E-state index is 12.6. The van der Waals surface area contributed by atoms with E-state index in [1.165, 1.54) is 23.3 Å². The summed E-state index contributed by atoms with van der Waals surface area (Å²) in [6, 6.07) is -0.851. The monoisotopic (exact) mass is 379 g/mol. The highest BCUT2D eigenvalue weighted by atomic mass is 32.2. The molecule has 26 heavy (non-hydrogen) atoms. The molecule has 2 aliphatic rings. The highest BCUT2D eigenvalue weighted by molar-refractivity contribution is 7.92. The Bertz CT molecular complexity index is 929. The number of rotatable bonds is 6. The maximum atomic E-state index is 12.6. The Hall–Kier alpha value is -2.00. The zero-order valence-corrected chi connectivity index (χ0v) is 15.1. The van der Waals surface area contributed by atoms with Crippen LogP contribution in [0.1, 0.15) is 38.1 Å². The van der Waals surface area contributed by atoms with Gasteiger partial charge in [-0.25, -0.2) is 17.9 Å². The molecule has 140 valence electrons. The lowest BCUT2D eigenvalue weighted by Crippen LogP contribution is -2.26. The molecule has 0 aromatic carbocycles. The molecule has 1 atom stereocenters. The first-order valence-corrected chi connectivity index (χ1v) is 10.4. The van der Waals surface area contributed by atoms with E-state index in [9.17, 15) is 18.3 Å². The third-order valence-electron chi connectivity index (χ3n) is 5.24. The molecule has 2 fully saturated rings. The van der Waals surface area contributed by atoms with Gasteiger partial charge in [0.05, 0.1) is 28.1 Å². The summed E-state index contributed by atoms with van der Waals surface area (Å²) in [6.45, 7) is 1.28. The van der Waals surface area contributed by atoms with Gasteiger partial charge in [-0.1, -0.05) is 0 Å². The van der Waals surface area contributed by atoms with Gasteiger partial charge >= 0.3 is 5.97 Å². The van der Waals surface area contributed by atoms with E-state index in [4.69, 9.17) is 4.74 Å². The zero-order valence-electron chi connectivity index (χ0n) is 14.2. The first kappa shape index (κ1) is 17.4. The van der Waals surface area contributed by atoms with Crippen molar-refractivity contribution in [3.63, 3.8) is 0 Å². The molecule has 1 aliphatic carbocycles. The highest BCUT2D eigenvalue weighted by Crippen LogP contribution is 2.37. The van der Waals surface area contributed by atoms with Crippen LogP contribution < -0.4 is 0 Å². The van der Waals surface area contributed by atoms with Crippen molar-refractivity contribution in [3.8, 4) is 0 Å². The van der Waals surface area contributed by atoms with Crippen molar-refractivity contribution >= 4 is 26.7 Å². The molecule has 9 heteroatoms. The number of ether oxygens (including phenoxy) is 1. The van der Waals surface area contributed by atoms with Gasteiger partial charge in [-0.3, -0.25) is 4.98 Å². The first-order chi connectivity index (χ1) is 12.5. The van der Waals surface area contributed by atoms with Crippen LogP contribution in [0.2, 0.25) is 0 Å². The number of sulfone groups is 1. The lowest BCUT2D eigenvalue weighted by Gasteiger charge is -2.25. The molecule has 0 amide bonds. The standard InChI is InChI=1S/C17H21N3O5S/c21-17(22)14(7-11-3-5-25-6-4-11)20-15-9-18-10-16(13(15)8-19-20)26(23,24)12-1-2-12/h8-12,14H,1-7H2,(H,21,22)/t14-/m0/s1. The van der Waals surface area contributed by atoms with Crippen molar-refractivity contribution < 1.29 is 23.1 Å². The third-order valence-corrected chi connectivity index (χ3v) is 7.52. The number of fused-ring (bicyclic) bond motifs is 1.